The van der Waals surface area contributed by atoms with Crippen molar-refractivity contribution in [1.29, 1.82) is 0 Å². The van der Waals surface area contributed by atoms with Crippen molar-refractivity contribution in [3.05, 3.63) is 72.9 Å². The Balaban J connectivity index is 5.37. The number of hydrogen-bond donors (Lipinski definition) is 3. The fourth-order valence-electron chi connectivity index (χ4n) is 11.4. The van der Waals surface area contributed by atoms with Crippen molar-refractivity contribution in [3.63, 3.8) is 0 Å². The molecule has 19 heteroatoms. The number of carbonyl (C=O) groups excluding carboxylic acids is 4. The van der Waals surface area contributed by atoms with Crippen LogP contribution in [-0.4, -0.2) is 96.7 Å². The molecule has 102 heavy (non-hydrogen) atoms. The molecule has 17 nitrogen and oxygen atoms in total. The number of phosphoric ester groups is 2. The van der Waals surface area contributed by atoms with Crippen LogP contribution in [0.5, 0.6) is 0 Å². The summed E-state index contributed by atoms with van der Waals surface area (Å²) in [5.41, 5.74) is 0. The Morgan fingerprint density at radius 1 is 0.275 bits per heavy atom. The number of aliphatic hydroxyl groups excluding tert-OH is 1. The van der Waals surface area contributed by atoms with Crippen molar-refractivity contribution in [3.8, 4) is 0 Å². The highest BCUT2D eigenvalue weighted by molar-refractivity contribution is 7.47. The van der Waals surface area contributed by atoms with Crippen LogP contribution in [0.3, 0.4) is 0 Å². The first-order chi connectivity index (χ1) is 49.7. The van der Waals surface area contributed by atoms with Crippen LogP contribution in [0.15, 0.2) is 72.9 Å². The van der Waals surface area contributed by atoms with Crippen LogP contribution in [0.4, 0.5) is 0 Å². The van der Waals surface area contributed by atoms with Crippen LogP contribution < -0.4 is 0 Å². The molecule has 0 saturated heterocycles. The summed E-state index contributed by atoms with van der Waals surface area (Å²) in [5.74, 6) is -2.22. The van der Waals surface area contributed by atoms with Gasteiger partial charge in [-0.3, -0.25) is 37.3 Å². The first-order valence-electron chi connectivity index (χ1n) is 41.2. The van der Waals surface area contributed by atoms with E-state index in [2.05, 4.69) is 88.5 Å². The van der Waals surface area contributed by atoms with Gasteiger partial charge in [-0.15, -0.1) is 0 Å². The number of hydrogen-bond acceptors (Lipinski definition) is 15. The van der Waals surface area contributed by atoms with Gasteiger partial charge in [0.1, 0.15) is 19.3 Å². The average Bonchev–Trinajstić information content (AvgIpc) is 0.959. The summed E-state index contributed by atoms with van der Waals surface area (Å²) >= 11 is 0. The summed E-state index contributed by atoms with van der Waals surface area (Å²) in [6.45, 7) is 4.82. The highest BCUT2D eigenvalue weighted by Gasteiger charge is 2.30. The molecule has 0 aliphatic rings. The minimum atomic E-state index is -4.98. The van der Waals surface area contributed by atoms with Crippen molar-refractivity contribution in [1.82, 2.24) is 0 Å². The number of ether oxygens (including phenoxy) is 4. The molecule has 0 aliphatic carbocycles. The van der Waals surface area contributed by atoms with E-state index in [9.17, 15) is 43.2 Å². The minimum absolute atomic E-state index is 0.0893. The molecule has 5 atom stereocenters. The van der Waals surface area contributed by atoms with Gasteiger partial charge in [0.05, 0.1) is 26.4 Å². The Morgan fingerprint density at radius 2 is 0.490 bits per heavy atom. The van der Waals surface area contributed by atoms with Gasteiger partial charge in [0.25, 0.3) is 0 Å². The van der Waals surface area contributed by atoms with Gasteiger partial charge in [0, 0.05) is 25.7 Å². The number of phosphoric acid groups is 2. The average molecular weight is 1480 g/mol. The molecule has 0 bridgehead atoms. The van der Waals surface area contributed by atoms with Gasteiger partial charge in [-0.2, -0.15) is 0 Å². The lowest BCUT2D eigenvalue weighted by atomic mass is 10.0. The zero-order valence-corrected chi connectivity index (χ0v) is 66.8. The third-order valence-electron chi connectivity index (χ3n) is 17.7. The van der Waals surface area contributed by atoms with Gasteiger partial charge in [-0.1, -0.05) is 325 Å². The van der Waals surface area contributed by atoms with Crippen LogP contribution in [0.1, 0.15) is 374 Å². The molecule has 0 aromatic heterocycles. The van der Waals surface area contributed by atoms with Crippen LogP contribution in [0.25, 0.3) is 0 Å². The van der Waals surface area contributed by atoms with E-state index in [1.165, 1.54) is 167 Å². The second kappa shape index (κ2) is 75.7. The van der Waals surface area contributed by atoms with Gasteiger partial charge >= 0.3 is 39.5 Å². The Labute approximate surface area is 622 Å². The number of carbonyl (C=O) groups is 4. The summed E-state index contributed by atoms with van der Waals surface area (Å²) < 4.78 is 68.6. The molecule has 0 fully saturated rings. The summed E-state index contributed by atoms with van der Waals surface area (Å²) in [6.07, 6.45) is 77.3. The van der Waals surface area contributed by atoms with Crippen LogP contribution in [0.2, 0.25) is 0 Å². The van der Waals surface area contributed by atoms with Crippen molar-refractivity contribution in [2.45, 2.75) is 393 Å². The number of unbranched alkanes of at least 4 members (excludes halogenated alkanes) is 40. The van der Waals surface area contributed by atoms with Crippen molar-refractivity contribution >= 4 is 39.5 Å². The van der Waals surface area contributed by atoms with Crippen LogP contribution in [0, 0.1) is 0 Å². The standard InChI is InChI=1S/C83H150O17P2/c1-5-9-13-17-21-25-29-33-36-38-41-45-48-52-56-60-64-68-81(86)94-74-79(100-83(88)70-66-62-58-54-50-46-42-39-37-34-30-26-22-18-14-10-6-2)76-98-102(91,92)96-72-77(84)71-95-101(89,90)97-75-78(99-82(87)69-65-61-57-53-49-43-32-28-24-20-16-12-8-4)73-93-80(85)67-63-59-55-51-47-44-40-35-31-27-23-19-15-11-7-3/h21,23,25,27,33,35-36,40-41,45,52,56,77-79,84H,5-20,22,24,26,28-32,34,37-39,42-44,46-51,53-55,57-76H2,1-4H3,(H,89,90)(H,91,92)/b25-21-,27-23-,36-33-,40-35-,45-41-,56-52-/t77-,78-,79-/m1/s1. The van der Waals surface area contributed by atoms with Gasteiger partial charge in [-0.05, 0) is 96.3 Å². The van der Waals surface area contributed by atoms with E-state index in [1.54, 1.807) is 0 Å². The van der Waals surface area contributed by atoms with Gasteiger partial charge < -0.3 is 33.8 Å². The van der Waals surface area contributed by atoms with Crippen LogP contribution >= 0.6 is 15.6 Å². The Bertz CT molecular complexity index is 2210. The number of esters is 4. The highest BCUT2D eigenvalue weighted by Crippen LogP contribution is 2.45. The van der Waals surface area contributed by atoms with Crippen molar-refractivity contribution in [2.75, 3.05) is 39.6 Å². The molecule has 0 spiro atoms. The first kappa shape index (κ1) is 98.5. The fraction of sp³-hybridized carbons (Fsp3) is 0.807. The molecular formula is C83H150O17P2. The molecule has 594 valence electrons. The second-order valence-corrected chi connectivity index (χ2v) is 30.6. The largest absolute Gasteiger partial charge is 0.472 e. The molecule has 2 unspecified atom stereocenters. The van der Waals surface area contributed by atoms with E-state index in [0.29, 0.717) is 32.1 Å². The maximum atomic E-state index is 13.1. The SMILES string of the molecule is CCCCC/C=C\C/C=C\C/C=C\C/C=C\CCCC(=O)OC[C@H](COP(=O)(O)OC[C@H](O)COP(=O)(O)OC[C@@H](COC(=O)CCCCCCC/C=C\C/C=C\CCCCC)OC(=O)CCCCCCCCCCCCCCC)OC(=O)CCCCCCCCCCCCCCCCCCC. The topological polar surface area (TPSA) is 237 Å². The maximum absolute atomic E-state index is 13.1. The number of aliphatic hydroxyl groups is 1. The lowest BCUT2D eigenvalue weighted by molar-refractivity contribution is -0.161. The summed E-state index contributed by atoms with van der Waals surface area (Å²) in [6, 6.07) is 0. The quantitative estimate of drug-likeness (QED) is 0.0169. The van der Waals surface area contributed by atoms with Gasteiger partial charge in [0.2, 0.25) is 0 Å². The minimum Gasteiger partial charge on any atom is -0.462 e. The van der Waals surface area contributed by atoms with Gasteiger partial charge in [-0.25, -0.2) is 9.13 Å². The van der Waals surface area contributed by atoms with E-state index in [0.717, 1.165) is 122 Å². The smallest absolute Gasteiger partial charge is 0.462 e. The molecular weight excluding hydrogens is 1330 g/mol. The fourth-order valence-corrected chi connectivity index (χ4v) is 12.9. The molecule has 0 saturated carbocycles. The zero-order valence-electron chi connectivity index (χ0n) is 65.0. The normalized spacial score (nSPS) is 14.2. The van der Waals surface area contributed by atoms with Gasteiger partial charge in [0.15, 0.2) is 12.2 Å². The Kier molecular flexibility index (Phi) is 73.1. The van der Waals surface area contributed by atoms with E-state index in [1.807, 2.05) is 12.2 Å². The van der Waals surface area contributed by atoms with Crippen molar-refractivity contribution < 1.29 is 80.2 Å². The molecule has 0 radical (unpaired) electrons. The highest BCUT2D eigenvalue weighted by atomic mass is 31.2. The van der Waals surface area contributed by atoms with E-state index < -0.39 is 97.5 Å². The zero-order chi connectivity index (χ0) is 74.6. The maximum Gasteiger partial charge on any atom is 0.472 e. The molecule has 0 heterocycles. The molecule has 3 N–H and O–H groups in total. The summed E-state index contributed by atoms with van der Waals surface area (Å²) in [5, 5.41) is 10.6. The third-order valence-corrected chi connectivity index (χ3v) is 19.6. The second-order valence-electron chi connectivity index (χ2n) is 27.7. The summed E-state index contributed by atoms with van der Waals surface area (Å²) in [7, 11) is -9.96. The summed E-state index contributed by atoms with van der Waals surface area (Å²) in [4.78, 5) is 73.0. The predicted molar refractivity (Wildman–Crippen MR) is 418 cm³/mol. The molecule has 0 rings (SSSR count). The molecule has 0 amide bonds. The molecule has 0 aromatic carbocycles. The predicted octanol–water partition coefficient (Wildman–Crippen LogP) is 24.0. The van der Waals surface area contributed by atoms with E-state index in [-0.39, 0.29) is 25.7 Å². The first-order valence-corrected chi connectivity index (χ1v) is 44.2. The molecule has 0 aliphatic heterocycles. The molecule has 0 aromatic rings. The van der Waals surface area contributed by atoms with Crippen molar-refractivity contribution in [2.24, 2.45) is 0 Å². The Hall–Kier alpha value is -3.50. The monoisotopic (exact) mass is 1480 g/mol. The van der Waals surface area contributed by atoms with E-state index in [4.69, 9.17) is 37.0 Å². The number of rotatable bonds is 78. The number of allylic oxidation sites excluding steroid dienone is 12. The third kappa shape index (κ3) is 74.8. The van der Waals surface area contributed by atoms with E-state index >= 15 is 0 Å². The Morgan fingerprint density at radius 3 is 0.794 bits per heavy atom. The lowest BCUT2D eigenvalue weighted by Crippen LogP contribution is -2.30. The lowest BCUT2D eigenvalue weighted by Gasteiger charge is -2.21. The van der Waals surface area contributed by atoms with Crippen LogP contribution in [-0.2, 0) is 65.4 Å².